The molecule has 0 N–H and O–H groups in total. The van der Waals surface area contributed by atoms with Crippen LogP contribution < -0.4 is 0 Å². The maximum atomic E-state index is 12.4. The molecule has 2 aliphatic heterocycles. The molecule has 4 rings (SSSR count). The summed E-state index contributed by atoms with van der Waals surface area (Å²) >= 11 is 5.98. The molecule has 5 nitrogen and oxygen atoms in total. The van der Waals surface area contributed by atoms with E-state index in [1.54, 1.807) is 12.1 Å². The van der Waals surface area contributed by atoms with Gasteiger partial charge in [-0.3, -0.25) is 19.4 Å². The summed E-state index contributed by atoms with van der Waals surface area (Å²) < 4.78 is 0. The lowest BCUT2D eigenvalue weighted by atomic mass is 10.1. The van der Waals surface area contributed by atoms with Crippen molar-refractivity contribution < 1.29 is 9.59 Å². The average Bonchev–Trinajstić information content (AvgIpc) is 3.12. The topological polar surface area (TPSA) is 43.9 Å². The lowest BCUT2D eigenvalue weighted by molar-refractivity contribution is 0.0651. The summed E-state index contributed by atoms with van der Waals surface area (Å²) in [5.74, 6) is -0.262. The third kappa shape index (κ3) is 7.39. The monoisotopic (exact) mass is 495 g/mol. The van der Waals surface area contributed by atoms with Crippen molar-refractivity contribution in [1.29, 1.82) is 0 Å². The van der Waals surface area contributed by atoms with Gasteiger partial charge in [-0.25, -0.2) is 0 Å². The highest BCUT2D eigenvalue weighted by Gasteiger charge is 2.34. The van der Waals surface area contributed by atoms with Crippen molar-refractivity contribution >= 4 is 23.4 Å². The Hall–Kier alpha value is -2.21. The number of fused-ring (bicyclic) bond motifs is 1. The highest BCUT2D eigenvalue weighted by Crippen LogP contribution is 2.23. The minimum absolute atomic E-state index is 0.131. The fourth-order valence-corrected chi connectivity index (χ4v) is 5.25. The summed E-state index contributed by atoms with van der Waals surface area (Å²) in [6.07, 6.45) is 9.57. The Balaban J connectivity index is 0.975. The van der Waals surface area contributed by atoms with Crippen molar-refractivity contribution in [2.75, 3.05) is 39.3 Å². The summed E-state index contributed by atoms with van der Waals surface area (Å²) in [4.78, 5) is 31.3. The predicted molar refractivity (Wildman–Crippen MR) is 142 cm³/mol. The standard InChI is InChI=1S/C29H38ClN3O2/c30-25-15-13-24(14-16-25)23-32-21-19-31(20-22-32)17-9-5-3-1-2-4-6-10-18-33-28(34)26-11-7-8-12-27(26)29(33)35/h7-8,11-16H,1-6,9-10,17-23H2. The molecule has 0 saturated carbocycles. The molecule has 2 aromatic carbocycles. The zero-order valence-electron chi connectivity index (χ0n) is 20.8. The fourth-order valence-electron chi connectivity index (χ4n) is 5.13. The van der Waals surface area contributed by atoms with Crippen LogP contribution in [0.2, 0.25) is 5.02 Å². The van der Waals surface area contributed by atoms with Gasteiger partial charge in [0.25, 0.3) is 11.8 Å². The number of halogens is 1. The van der Waals surface area contributed by atoms with Crippen molar-refractivity contribution in [3.8, 4) is 0 Å². The molecular formula is C29H38ClN3O2. The van der Waals surface area contributed by atoms with Crippen molar-refractivity contribution in [2.24, 2.45) is 0 Å². The summed E-state index contributed by atoms with van der Waals surface area (Å²) in [5.41, 5.74) is 2.45. The van der Waals surface area contributed by atoms with Gasteiger partial charge in [-0.15, -0.1) is 0 Å². The highest BCUT2D eigenvalue weighted by atomic mass is 35.5. The molecule has 0 aromatic heterocycles. The molecule has 2 amide bonds. The van der Waals surface area contributed by atoms with E-state index in [4.69, 9.17) is 11.6 Å². The second-order valence-corrected chi connectivity index (χ2v) is 10.3. The van der Waals surface area contributed by atoms with Gasteiger partial charge in [0.1, 0.15) is 0 Å². The molecule has 2 heterocycles. The van der Waals surface area contributed by atoms with E-state index in [0.717, 1.165) is 37.5 Å². The zero-order chi connectivity index (χ0) is 24.5. The lowest BCUT2D eigenvalue weighted by Gasteiger charge is -2.34. The Labute approximate surface area is 215 Å². The SMILES string of the molecule is O=C1c2ccccc2C(=O)N1CCCCCCCCCCN1CCN(Cc2ccc(Cl)cc2)CC1. The third-order valence-electron chi connectivity index (χ3n) is 7.27. The van der Waals surface area contributed by atoms with Gasteiger partial charge < -0.3 is 4.90 Å². The molecule has 188 valence electrons. The lowest BCUT2D eigenvalue weighted by Crippen LogP contribution is -2.46. The molecule has 0 radical (unpaired) electrons. The Kier molecular flexibility index (Phi) is 9.75. The van der Waals surface area contributed by atoms with Crippen molar-refractivity contribution in [1.82, 2.24) is 14.7 Å². The fraction of sp³-hybridized carbons (Fsp3) is 0.517. The zero-order valence-corrected chi connectivity index (χ0v) is 21.5. The number of hydrogen-bond donors (Lipinski definition) is 0. The van der Waals surface area contributed by atoms with Gasteiger partial charge in [-0.05, 0) is 49.2 Å². The molecule has 0 atom stereocenters. The van der Waals surface area contributed by atoms with Crippen LogP contribution in [0.25, 0.3) is 0 Å². The van der Waals surface area contributed by atoms with Crippen LogP contribution in [0.1, 0.15) is 77.6 Å². The normalized spacial score (nSPS) is 16.8. The maximum Gasteiger partial charge on any atom is 0.261 e. The molecule has 0 bridgehead atoms. The first-order valence-corrected chi connectivity index (χ1v) is 13.6. The average molecular weight is 496 g/mol. The van der Waals surface area contributed by atoms with Gasteiger partial charge >= 0.3 is 0 Å². The molecular weight excluding hydrogens is 458 g/mol. The minimum Gasteiger partial charge on any atom is -0.301 e. The van der Waals surface area contributed by atoms with Crippen LogP contribution in [0.5, 0.6) is 0 Å². The predicted octanol–water partition coefficient (Wildman–Crippen LogP) is 5.87. The van der Waals surface area contributed by atoms with E-state index in [-0.39, 0.29) is 11.8 Å². The van der Waals surface area contributed by atoms with E-state index in [1.165, 1.54) is 68.6 Å². The van der Waals surface area contributed by atoms with E-state index in [2.05, 4.69) is 21.9 Å². The number of benzene rings is 2. The number of hydrogen-bond acceptors (Lipinski definition) is 4. The molecule has 1 saturated heterocycles. The minimum atomic E-state index is -0.131. The summed E-state index contributed by atoms with van der Waals surface area (Å²) in [6.45, 7) is 7.39. The Morgan fingerprint density at radius 1 is 0.600 bits per heavy atom. The number of carbonyl (C=O) groups is 2. The number of unbranched alkanes of at least 4 members (excludes halogenated alkanes) is 7. The number of rotatable bonds is 13. The number of carbonyl (C=O) groups excluding carboxylic acids is 2. The van der Waals surface area contributed by atoms with Crippen LogP contribution in [0.3, 0.4) is 0 Å². The van der Waals surface area contributed by atoms with E-state index < -0.39 is 0 Å². The van der Waals surface area contributed by atoms with Crippen molar-refractivity contribution in [3.63, 3.8) is 0 Å². The Bertz CT molecular complexity index is 935. The molecule has 0 spiro atoms. The van der Waals surface area contributed by atoms with Crippen molar-refractivity contribution in [3.05, 3.63) is 70.2 Å². The quantitative estimate of drug-likeness (QED) is 0.257. The van der Waals surface area contributed by atoms with Crippen LogP contribution in [0.15, 0.2) is 48.5 Å². The first-order chi connectivity index (χ1) is 17.1. The number of amides is 2. The molecule has 6 heteroatoms. The van der Waals surface area contributed by atoms with Crippen LogP contribution in [0.4, 0.5) is 0 Å². The second-order valence-electron chi connectivity index (χ2n) is 9.88. The van der Waals surface area contributed by atoms with Gasteiger partial charge in [-0.1, -0.05) is 74.4 Å². The molecule has 2 aliphatic rings. The van der Waals surface area contributed by atoms with Crippen LogP contribution in [-0.2, 0) is 6.54 Å². The number of piperazine rings is 1. The summed E-state index contributed by atoms with van der Waals surface area (Å²) in [7, 11) is 0. The second kappa shape index (κ2) is 13.2. The van der Waals surface area contributed by atoms with E-state index in [9.17, 15) is 9.59 Å². The third-order valence-corrected chi connectivity index (χ3v) is 7.52. The van der Waals surface area contributed by atoms with Gasteiger partial charge in [-0.2, -0.15) is 0 Å². The van der Waals surface area contributed by atoms with Crippen LogP contribution in [-0.4, -0.2) is 65.8 Å². The van der Waals surface area contributed by atoms with Crippen molar-refractivity contribution in [2.45, 2.75) is 57.9 Å². The van der Waals surface area contributed by atoms with E-state index in [0.29, 0.717) is 17.7 Å². The first kappa shape index (κ1) is 25.9. The maximum absolute atomic E-state index is 12.4. The van der Waals surface area contributed by atoms with Crippen LogP contribution in [0, 0.1) is 0 Å². The number of nitrogens with zero attached hydrogens (tertiary/aromatic N) is 3. The molecule has 35 heavy (non-hydrogen) atoms. The Morgan fingerprint density at radius 2 is 1.09 bits per heavy atom. The summed E-state index contributed by atoms with van der Waals surface area (Å²) in [6, 6.07) is 15.3. The largest absolute Gasteiger partial charge is 0.301 e. The molecule has 2 aromatic rings. The van der Waals surface area contributed by atoms with Crippen LogP contribution >= 0.6 is 11.6 Å². The van der Waals surface area contributed by atoms with E-state index in [1.807, 2.05) is 24.3 Å². The van der Waals surface area contributed by atoms with Gasteiger partial charge in [0, 0.05) is 44.3 Å². The Morgan fingerprint density at radius 3 is 1.66 bits per heavy atom. The van der Waals surface area contributed by atoms with Gasteiger partial charge in [0.15, 0.2) is 0 Å². The van der Waals surface area contributed by atoms with E-state index >= 15 is 0 Å². The number of imide groups is 1. The first-order valence-electron chi connectivity index (χ1n) is 13.3. The highest BCUT2D eigenvalue weighted by molar-refractivity contribution is 6.30. The molecule has 0 aliphatic carbocycles. The molecule has 1 fully saturated rings. The van der Waals surface area contributed by atoms with Gasteiger partial charge in [0.05, 0.1) is 11.1 Å². The molecule has 0 unspecified atom stereocenters. The van der Waals surface area contributed by atoms with Gasteiger partial charge in [0.2, 0.25) is 0 Å². The summed E-state index contributed by atoms with van der Waals surface area (Å²) in [5, 5.41) is 0.804. The smallest absolute Gasteiger partial charge is 0.261 e.